The number of anilines is 1. The predicted octanol–water partition coefficient (Wildman–Crippen LogP) is 3.77. The number of hydrogen-bond donors (Lipinski definition) is 3. The van der Waals surface area contributed by atoms with Gasteiger partial charge >= 0.3 is 12.6 Å². The molecule has 2 heterocycles. The molecule has 1 amide bonds. The van der Waals surface area contributed by atoms with Crippen molar-refractivity contribution in [2.45, 2.75) is 57.8 Å². The highest BCUT2D eigenvalue weighted by molar-refractivity contribution is 6.30. The summed E-state index contributed by atoms with van der Waals surface area (Å²) < 4.78 is 32.2. The second-order valence-corrected chi connectivity index (χ2v) is 9.75. The van der Waals surface area contributed by atoms with Gasteiger partial charge in [0, 0.05) is 42.6 Å². The van der Waals surface area contributed by atoms with E-state index >= 15 is 0 Å². The van der Waals surface area contributed by atoms with Crippen LogP contribution in [0.25, 0.3) is 0 Å². The number of ether oxygens (including phenoxy) is 1. The van der Waals surface area contributed by atoms with Gasteiger partial charge in [0.15, 0.2) is 5.75 Å². The third kappa shape index (κ3) is 6.13. The van der Waals surface area contributed by atoms with Gasteiger partial charge in [0.1, 0.15) is 5.54 Å². The Labute approximate surface area is 213 Å². The third-order valence-electron chi connectivity index (χ3n) is 6.54. The number of halogens is 3. The molecule has 2 aromatic rings. The lowest BCUT2D eigenvalue weighted by Gasteiger charge is -2.42. The zero-order valence-corrected chi connectivity index (χ0v) is 21.1. The maximum absolute atomic E-state index is 13.8. The number of benzene rings is 1. The number of alkyl halides is 2. The summed E-state index contributed by atoms with van der Waals surface area (Å²) in [7, 11) is 0. The van der Waals surface area contributed by atoms with Crippen molar-refractivity contribution in [2.24, 2.45) is 5.92 Å². The van der Waals surface area contributed by atoms with Crippen LogP contribution in [0.5, 0.6) is 5.75 Å². The van der Waals surface area contributed by atoms with Gasteiger partial charge in [-0.15, -0.1) is 0 Å². The van der Waals surface area contributed by atoms with E-state index in [1.807, 2.05) is 24.8 Å². The predicted molar refractivity (Wildman–Crippen MR) is 129 cm³/mol. The molecule has 1 aliphatic rings. The first-order valence-electron chi connectivity index (χ1n) is 11.7. The highest BCUT2D eigenvalue weighted by atomic mass is 35.5. The summed E-state index contributed by atoms with van der Waals surface area (Å²) in [6.07, 6.45) is 1.14. The van der Waals surface area contributed by atoms with Crippen molar-refractivity contribution in [3.63, 3.8) is 0 Å². The van der Waals surface area contributed by atoms with Crippen molar-refractivity contribution in [2.75, 3.05) is 25.0 Å². The Kier molecular flexibility index (Phi) is 8.91. The lowest BCUT2D eigenvalue weighted by atomic mass is 9.85. The van der Waals surface area contributed by atoms with Gasteiger partial charge in [0.2, 0.25) is 0 Å². The number of piperidine rings is 1. The van der Waals surface area contributed by atoms with Gasteiger partial charge in [-0.1, -0.05) is 25.4 Å². The van der Waals surface area contributed by atoms with Gasteiger partial charge in [-0.2, -0.15) is 13.9 Å². The zero-order valence-electron chi connectivity index (χ0n) is 20.3. The average molecular weight is 529 g/mol. The fourth-order valence-electron chi connectivity index (χ4n) is 4.50. The van der Waals surface area contributed by atoms with Crippen LogP contribution in [0.4, 0.5) is 14.5 Å². The van der Waals surface area contributed by atoms with Crippen LogP contribution in [-0.2, 0) is 15.1 Å². The average Bonchev–Trinajstić information content (AvgIpc) is 3.29. The Morgan fingerprint density at radius 2 is 1.89 bits per heavy atom. The number of carbonyl (C=O) groups is 2. The fraction of sp³-hybridized carbons (Fsp3) is 0.542. The van der Waals surface area contributed by atoms with Crippen LogP contribution in [0.15, 0.2) is 30.5 Å². The largest absolute Gasteiger partial charge is 0.481 e. The molecule has 36 heavy (non-hydrogen) atoms. The molecule has 0 saturated carbocycles. The first-order valence-corrected chi connectivity index (χ1v) is 12.1. The van der Waals surface area contributed by atoms with Gasteiger partial charge in [-0.3, -0.25) is 14.3 Å². The molecule has 3 rings (SSSR count). The third-order valence-corrected chi connectivity index (χ3v) is 6.77. The Balaban J connectivity index is 1.92. The summed E-state index contributed by atoms with van der Waals surface area (Å²) in [6.45, 7) is 3.13. The van der Waals surface area contributed by atoms with Crippen LogP contribution in [0.3, 0.4) is 0 Å². The first kappa shape index (κ1) is 27.8. The van der Waals surface area contributed by atoms with E-state index in [0.717, 1.165) is 5.69 Å². The summed E-state index contributed by atoms with van der Waals surface area (Å²) in [6, 6.07) is 5.88. The maximum Gasteiger partial charge on any atom is 0.387 e. The molecule has 1 aromatic carbocycles. The van der Waals surface area contributed by atoms with Crippen LogP contribution >= 0.6 is 11.6 Å². The van der Waals surface area contributed by atoms with Gasteiger partial charge in [0.25, 0.3) is 5.91 Å². The van der Waals surface area contributed by atoms with Crippen LogP contribution < -0.4 is 10.1 Å². The van der Waals surface area contributed by atoms with Crippen molar-refractivity contribution in [3.05, 3.63) is 41.2 Å². The number of aliphatic carboxylic acids is 1. The van der Waals surface area contributed by atoms with E-state index in [2.05, 4.69) is 15.2 Å². The molecule has 1 saturated heterocycles. The Morgan fingerprint density at radius 3 is 2.44 bits per heavy atom. The number of carboxylic acids is 1. The molecule has 9 nitrogen and oxygen atoms in total. The van der Waals surface area contributed by atoms with E-state index in [-0.39, 0.29) is 41.8 Å². The van der Waals surface area contributed by atoms with E-state index in [1.165, 1.54) is 25.1 Å². The maximum atomic E-state index is 13.8. The van der Waals surface area contributed by atoms with E-state index < -0.39 is 36.0 Å². The molecule has 2 atom stereocenters. The topological polar surface area (TPSA) is 117 Å². The monoisotopic (exact) mass is 528 g/mol. The molecule has 0 radical (unpaired) electrons. The number of rotatable bonds is 10. The number of carboxylic acid groups (broad SMARTS) is 1. The van der Waals surface area contributed by atoms with Crippen molar-refractivity contribution >= 4 is 29.2 Å². The molecule has 198 valence electrons. The van der Waals surface area contributed by atoms with Crippen LogP contribution in [-0.4, -0.2) is 69.1 Å². The minimum atomic E-state index is -3.11. The standard InChI is InChI=1S/C24H31ClF2N4O5/c1-14(2)19-6-9-28-31(19)24(7-10-30(11-8-24)13-17(15(3)32)21(33)34)22(35)29-18-5-4-16(25)12-20(18)36-23(26)27/h4-6,9,12,14-15,17,23,32H,7-8,10-11,13H2,1-3H3,(H,29,35)(H,33,34)/t15-,17+/m0/s1. The number of hydrogen-bond acceptors (Lipinski definition) is 6. The normalized spacial score (nSPS) is 17.7. The highest BCUT2D eigenvalue weighted by Gasteiger charge is 2.46. The summed E-state index contributed by atoms with van der Waals surface area (Å²) in [5, 5.41) is 26.7. The first-order chi connectivity index (χ1) is 16.9. The van der Waals surface area contributed by atoms with Gasteiger partial charge in [-0.25, -0.2) is 0 Å². The van der Waals surface area contributed by atoms with Crippen LogP contribution in [0.1, 0.15) is 45.2 Å². The van der Waals surface area contributed by atoms with Crippen LogP contribution in [0, 0.1) is 5.92 Å². The van der Waals surface area contributed by atoms with Crippen molar-refractivity contribution < 1.29 is 33.3 Å². The van der Waals surface area contributed by atoms with E-state index in [4.69, 9.17) is 11.6 Å². The molecular formula is C24H31ClF2N4O5. The fourth-order valence-corrected chi connectivity index (χ4v) is 4.66. The number of carbonyl (C=O) groups excluding carboxylic acids is 1. The number of likely N-dealkylation sites (tertiary alicyclic amines) is 1. The van der Waals surface area contributed by atoms with Gasteiger partial charge < -0.3 is 25.2 Å². The van der Waals surface area contributed by atoms with Crippen molar-refractivity contribution in [3.8, 4) is 5.75 Å². The molecule has 0 aliphatic carbocycles. The molecule has 1 aromatic heterocycles. The number of aromatic nitrogens is 2. The lowest BCUT2D eigenvalue weighted by Crippen LogP contribution is -2.55. The van der Waals surface area contributed by atoms with E-state index in [9.17, 15) is 28.6 Å². The number of aliphatic hydroxyl groups is 1. The van der Waals surface area contributed by atoms with E-state index in [1.54, 1.807) is 10.9 Å². The quantitative estimate of drug-likeness (QED) is 0.429. The zero-order chi connectivity index (χ0) is 26.6. The Morgan fingerprint density at radius 1 is 1.22 bits per heavy atom. The van der Waals surface area contributed by atoms with Gasteiger partial charge in [-0.05, 0) is 43.9 Å². The number of nitrogens with zero attached hydrogens (tertiary/aromatic N) is 3. The minimum absolute atomic E-state index is 0.0461. The molecule has 12 heteroatoms. The molecule has 3 N–H and O–H groups in total. The lowest BCUT2D eigenvalue weighted by molar-refractivity contribution is -0.147. The molecule has 1 fully saturated rings. The molecule has 0 unspecified atom stereocenters. The molecular weight excluding hydrogens is 498 g/mol. The smallest absolute Gasteiger partial charge is 0.387 e. The van der Waals surface area contributed by atoms with Crippen molar-refractivity contribution in [1.29, 1.82) is 0 Å². The number of aliphatic hydroxyl groups excluding tert-OH is 1. The second kappa shape index (κ2) is 11.5. The highest BCUT2D eigenvalue weighted by Crippen LogP contribution is 2.37. The number of nitrogens with one attached hydrogen (secondary N) is 1. The molecule has 1 aliphatic heterocycles. The minimum Gasteiger partial charge on any atom is -0.481 e. The Hall–Kier alpha value is -2.76. The van der Waals surface area contributed by atoms with Crippen LogP contribution in [0.2, 0.25) is 5.02 Å². The van der Waals surface area contributed by atoms with Gasteiger partial charge in [0.05, 0.1) is 17.7 Å². The van der Waals surface area contributed by atoms with E-state index in [0.29, 0.717) is 13.1 Å². The SMILES string of the molecule is CC(C)c1ccnn1C1(C(=O)Nc2ccc(Cl)cc2OC(F)F)CCN(C[C@@H](C(=O)O)[C@H](C)O)CC1. The summed E-state index contributed by atoms with van der Waals surface area (Å²) in [4.78, 5) is 27.3. The van der Waals surface area contributed by atoms with Crippen molar-refractivity contribution in [1.82, 2.24) is 14.7 Å². The number of amides is 1. The summed E-state index contributed by atoms with van der Waals surface area (Å²) in [5.41, 5.74) is -0.291. The summed E-state index contributed by atoms with van der Waals surface area (Å²) >= 11 is 5.93. The summed E-state index contributed by atoms with van der Waals surface area (Å²) in [5.74, 6) is -2.73. The molecule has 0 bridgehead atoms. The second-order valence-electron chi connectivity index (χ2n) is 9.31. The molecule has 0 spiro atoms. The Bertz CT molecular complexity index is 1070.